The van der Waals surface area contributed by atoms with E-state index in [1.165, 1.54) is 0 Å². The van der Waals surface area contributed by atoms with E-state index in [2.05, 4.69) is 19.2 Å². The van der Waals surface area contributed by atoms with Crippen LogP contribution >= 0.6 is 0 Å². The molecule has 0 aliphatic heterocycles. The standard InChI is InChI=1S/C20H25NO3/c1-14(2)17-10-6-8-12-19(17)24-15(3)20(22)21-13-16-9-5-7-11-18(16)23-4/h5-12,14-15H,13H2,1-4H3,(H,21,22)/t15-/m1/s1. The third-order valence-electron chi connectivity index (χ3n) is 3.86. The van der Waals surface area contributed by atoms with E-state index in [0.29, 0.717) is 12.5 Å². The van der Waals surface area contributed by atoms with Crippen molar-refractivity contribution in [2.45, 2.75) is 39.3 Å². The zero-order valence-electron chi connectivity index (χ0n) is 14.7. The van der Waals surface area contributed by atoms with Crippen LogP contribution in [0.2, 0.25) is 0 Å². The van der Waals surface area contributed by atoms with Gasteiger partial charge in [0.05, 0.1) is 7.11 Å². The lowest BCUT2D eigenvalue weighted by molar-refractivity contribution is -0.127. The van der Waals surface area contributed by atoms with Gasteiger partial charge >= 0.3 is 0 Å². The normalized spacial score (nSPS) is 11.9. The predicted octanol–water partition coefficient (Wildman–Crippen LogP) is 3.90. The molecule has 0 fully saturated rings. The number of benzene rings is 2. The fourth-order valence-corrected chi connectivity index (χ4v) is 2.48. The lowest BCUT2D eigenvalue weighted by Crippen LogP contribution is -2.36. The van der Waals surface area contributed by atoms with Crippen LogP contribution in [0.1, 0.15) is 37.8 Å². The molecule has 2 rings (SSSR count). The number of para-hydroxylation sites is 2. The molecule has 0 heterocycles. The molecule has 0 radical (unpaired) electrons. The summed E-state index contributed by atoms with van der Waals surface area (Å²) in [5.41, 5.74) is 2.03. The van der Waals surface area contributed by atoms with Gasteiger partial charge in [0.15, 0.2) is 6.10 Å². The largest absolute Gasteiger partial charge is 0.496 e. The van der Waals surface area contributed by atoms with Crippen LogP contribution in [0, 0.1) is 0 Å². The molecule has 4 heteroatoms. The van der Waals surface area contributed by atoms with Crippen LogP contribution < -0.4 is 14.8 Å². The van der Waals surface area contributed by atoms with Crippen molar-refractivity contribution >= 4 is 5.91 Å². The quantitative estimate of drug-likeness (QED) is 0.839. The van der Waals surface area contributed by atoms with Gasteiger partial charge in [-0.3, -0.25) is 4.79 Å². The highest BCUT2D eigenvalue weighted by atomic mass is 16.5. The molecular formula is C20H25NO3. The summed E-state index contributed by atoms with van der Waals surface area (Å²) < 4.78 is 11.2. The second kappa shape index (κ2) is 8.39. The van der Waals surface area contributed by atoms with E-state index in [9.17, 15) is 4.79 Å². The molecule has 0 unspecified atom stereocenters. The molecule has 0 aliphatic rings. The minimum absolute atomic E-state index is 0.153. The van der Waals surface area contributed by atoms with Gasteiger partial charge in [0, 0.05) is 12.1 Å². The monoisotopic (exact) mass is 327 g/mol. The third kappa shape index (κ3) is 4.51. The Morgan fingerprint density at radius 2 is 1.62 bits per heavy atom. The number of ether oxygens (including phenoxy) is 2. The maximum absolute atomic E-state index is 12.3. The summed E-state index contributed by atoms with van der Waals surface area (Å²) in [5.74, 6) is 1.70. The smallest absolute Gasteiger partial charge is 0.261 e. The maximum atomic E-state index is 12.3. The van der Waals surface area contributed by atoms with E-state index in [-0.39, 0.29) is 5.91 Å². The highest BCUT2D eigenvalue weighted by Gasteiger charge is 2.17. The molecule has 1 amide bonds. The van der Waals surface area contributed by atoms with Gasteiger partial charge in [-0.1, -0.05) is 50.2 Å². The van der Waals surface area contributed by atoms with E-state index in [1.54, 1.807) is 14.0 Å². The van der Waals surface area contributed by atoms with E-state index < -0.39 is 6.10 Å². The first-order chi connectivity index (χ1) is 11.5. The highest BCUT2D eigenvalue weighted by Crippen LogP contribution is 2.26. The number of hydrogen-bond donors (Lipinski definition) is 1. The van der Waals surface area contributed by atoms with Crippen LogP contribution in [0.3, 0.4) is 0 Å². The van der Waals surface area contributed by atoms with Crippen molar-refractivity contribution in [3.63, 3.8) is 0 Å². The molecule has 4 nitrogen and oxygen atoms in total. The lowest BCUT2D eigenvalue weighted by atomic mass is 10.0. The summed E-state index contributed by atoms with van der Waals surface area (Å²) in [6.07, 6.45) is -0.570. The first kappa shape index (κ1) is 17.9. The van der Waals surface area contributed by atoms with Gasteiger partial charge in [-0.15, -0.1) is 0 Å². The molecule has 0 bridgehead atoms. The molecule has 2 aromatic carbocycles. The summed E-state index contributed by atoms with van der Waals surface area (Å²) in [7, 11) is 1.62. The van der Waals surface area contributed by atoms with Crippen molar-refractivity contribution in [1.82, 2.24) is 5.32 Å². The summed E-state index contributed by atoms with van der Waals surface area (Å²) in [6, 6.07) is 15.5. The minimum atomic E-state index is -0.570. The Kier molecular flexibility index (Phi) is 6.24. The molecule has 128 valence electrons. The van der Waals surface area contributed by atoms with Crippen LogP contribution in [0.15, 0.2) is 48.5 Å². The first-order valence-electron chi connectivity index (χ1n) is 8.18. The fraction of sp³-hybridized carbons (Fsp3) is 0.350. The second-order valence-corrected chi connectivity index (χ2v) is 5.98. The zero-order valence-corrected chi connectivity index (χ0v) is 14.7. The van der Waals surface area contributed by atoms with Gasteiger partial charge in [-0.25, -0.2) is 0 Å². The Hall–Kier alpha value is -2.49. The first-order valence-corrected chi connectivity index (χ1v) is 8.18. The highest BCUT2D eigenvalue weighted by molar-refractivity contribution is 5.80. The van der Waals surface area contributed by atoms with Crippen molar-refractivity contribution in [3.8, 4) is 11.5 Å². The summed E-state index contributed by atoms with van der Waals surface area (Å²) in [6.45, 7) is 6.38. The topological polar surface area (TPSA) is 47.6 Å². The van der Waals surface area contributed by atoms with Crippen LogP contribution in [-0.4, -0.2) is 19.1 Å². The fourth-order valence-electron chi connectivity index (χ4n) is 2.48. The Morgan fingerprint density at radius 3 is 2.29 bits per heavy atom. The summed E-state index contributed by atoms with van der Waals surface area (Å²) in [4.78, 5) is 12.3. The van der Waals surface area contributed by atoms with Gasteiger partial charge in [-0.05, 0) is 30.5 Å². The number of carbonyl (C=O) groups excluding carboxylic acids is 1. The number of hydrogen-bond acceptors (Lipinski definition) is 3. The van der Waals surface area contributed by atoms with Crippen molar-refractivity contribution in [1.29, 1.82) is 0 Å². The molecule has 0 aromatic heterocycles. The van der Waals surface area contributed by atoms with Crippen molar-refractivity contribution < 1.29 is 14.3 Å². The van der Waals surface area contributed by atoms with Gasteiger partial charge in [-0.2, -0.15) is 0 Å². The van der Waals surface area contributed by atoms with E-state index in [0.717, 1.165) is 22.6 Å². The van der Waals surface area contributed by atoms with Gasteiger partial charge in [0.1, 0.15) is 11.5 Å². The molecule has 24 heavy (non-hydrogen) atoms. The molecular weight excluding hydrogens is 302 g/mol. The number of carbonyl (C=O) groups is 1. The van der Waals surface area contributed by atoms with Crippen LogP contribution in [0.5, 0.6) is 11.5 Å². The van der Waals surface area contributed by atoms with Gasteiger partial charge < -0.3 is 14.8 Å². The molecule has 0 saturated carbocycles. The Balaban J connectivity index is 1.98. The average Bonchev–Trinajstić information content (AvgIpc) is 2.60. The summed E-state index contributed by atoms with van der Waals surface area (Å²) >= 11 is 0. The van der Waals surface area contributed by atoms with Crippen molar-refractivity contribution in [2.24, 2.45) is 0 Å². The molecule has 1 N–H and O–H groups in total. The number of amides is 1. The Morgan fingerprint density at radius 1 is 1.00 bits per heavy atom. The average molecular weight is 327 g/mol. The minimum Gasteiger partial charge on any atom is -0.496 e. The third-order valence-corrected chi connectivity index (χ3v) is 3.86. The number of rotatable bonds is 7. The zero-order chi connectivity index (χ0) is 17.5. The van der Waals surface area contributed by atoms with E-state index in [1.807, 2.05) is 48.5 Å². The second-order valence-electron chi connectivity index (χ2n) is 5.98. The molecule has 2 aromatic rings. The van der Waals surface area contributed by atoms with Crippen molar-refractivity contribution in [3.05, 3.63) is 59.7 Å². The van der Waals surface area contributed by atoms with Crippen molar-refractivity contribution in [2.75, 3.05) is 7.11 Å². The lowest BCUT2D eigenvalue weighted by Gasteiger charge is -2.19. The van der Waals surface area contributed by atoms with Crippen LogP contribution in [0.25, 0.3) is 0 Å². The van der Waals surface area contributed by atoms with Crippen LogP contribution in [0.4, 0.5) is 0 Å². The van der Waals surface area contributed by atoms with Gasteiger partial charge in [0.2, 0.25) is 0 Å². The Labute approximate surface area is 143 Å². The molecule has 0 spiro atoms. The van der Waals surface area contributed by atoms with E-state index in [4.69, 9.17) is 9.47 Å². The molecule has 0 aliphatic carbocycles. The molecule has 1 atom stereocenters. The van der Waals surface area contributed by atoms with E-state index >= 15 is 0 Å². The number of methoxy groups -OCH3 is 1. The Bertz CT molecular complexity index is 682. The van der Waals surface area contributed by atoms with Crippen LogP contribution in [-0.2, 0) is 11.3 Å². The SMILES string of the molecule is COc1ccccc1CNC(=O)[C@@H](C)Oc1ccccc1C(C)C. The summed E-state index contributed by atoms with van der Waals surface area (Å²) in [5, 5.41) is 2.90. The van der Waals surface area contributed by atoms with Gasteiger partial charge in [0.25, 0.3) is 5.91 Å². The molecule has 0 saturated heterocycles. The maximum Gasteiger partial charge on any atom is 0.261 e. The number of nitrogens with one attached hydrogen (secondary N) is 1. The predicted molar refractivity (Wildman–Crippen MR) is 95.5 cm³/mol.